The van der Waals surface area contributed by atoms with Crippen LogP contribution in [0.5, 0.6) is 0 Å². The summed E-state index contributed by atoms with van der Waals surface area (Å²) in [6.45, 7) is 1.93. The molecular formula is C24H24N5O6S+. The van der Waals surface area contributed by atoms with Gasteiger partial charge in [-0.1, -0.05) is 22.9 Å². The monoisotopic (exact) mass is 510 g/mol. The molecule has 1 unspecified atom stereocenters. The molecule has 12 heteroatoms. The molecule has 1 saturated heterocycles. The molecule has 1 fully saturated rings. The van der Waals surface area contributed by atoms with Crippen molar-refractivity contribution in [3.8, 4) is 0 Å². The van der Waals surface area contributed by atoms with Gasteiger partial charge in [-0.25, -0.2) is 9.59 Å². The summed E-state index contributed by atoms with van der Waals surface area (Å²) in [6.07, 6.45) is -0.221. The first-order valence-corrected chi connectivity index (χ1v) is 11.5. The van der Waals surface area contributed by atoms with Crippen molar-refractivity contribution in [1.29, 1.82) is 0 Å². The highest BCUT2D eigenvalue weighted by Crippen LogP contribution is 2.28. The standard InChI is InChI=1S/C24H23N5O6S/c1-3-34-22(32)15-9-11-16(12-10-15)25-20(30)13-18-21(31)29(17-7-5-4-6-8-17)24(36)28(18)14-19-23(33)35-26-27(19)2/h4-12,18H,3,13-14H2,1-2H3,(H-,25,26,30,32,33)/p+1. The van der Waals surface area contributed by atoms with Crippen molar-refractivity contribution in [2.45, 2.75) is 25.9 Å². The third kappa shape index (κ3) is 5.03. The Labute approximate surface area is 211 Å². The summed E-state index contributed by atoms with van der Waals surface area (Å²) in [5.41, 5.74) is 0.996. The van der Waals surface area contributed by atoms with Crippen molar-refractivity contribution < 1.29 is 28.3 Å². The zero-order valence-electron chi connectivity index (χ0n) is 19.6. The van der Waals surface area contributed by atoms with Gasteiger partial charge in [-0.15, -0.1) is 0 Å². The normalized spacial score (nSPS) is 15.3. The van der Waals surface area contributed by atoms with Crippen molar-refractivity contribution in [1.82, 2.24) is 10.2 Å². The van der Waals surface area contributed by atoms with E-state index in [2.05, 4.69) is 10.6 Å². The number of nitrogens with one attached hydrogen (secondary N) is 2. The van der Waals surface area contributed by atoms with Gasteiger partial charge in [0.25, 0.3) is 5.91 Å². The zero-order chi connectivity index (χ0) is 25.8. The predicted molar refractivity (Wildman–Crippen MR) is 132 cm³/mol. The molecule has 0 saturated carbocycles. The van der Waals surface area contributed by atoms with Crippen molar-refractivity contribution in [3.63, 3.8) is 0 Å². The van der Waals surface area contributed by atoms with Crippen LogP contribution in [0.25, 0.3) is 0 Å². The van der Waals surface area contributed by atoms with E-state index in [4.69, 9.17) is 21.5 Å². The van der Waals surface area contributed by atoms with Crippen molar-refractivity contribution in [3.05, 3.63) is 76.3 Å². The second-order valence-corrected chi connectivity index (χ2v) is 8.34. The molecule has 2 N–H and O–H groups in total. The topological polar surface area (TPSA) is 129 Å². The molecule has 3 aromatic rings. The Kier molecular flexibility index (Phi) is 7.25. The second-order valence-electron chi connectivity index (χ2n) is 7.97. The molecule has 2 amide bonds. The van der Waals surface area contributed by atoms with Crippen LogP contribution in [0, 0.1) is 0 Å². The molecule has 0 spiro atoms. The Morgan fingerprint density at radius 2 is 1.83 bits per heavy atom. The molecule has 2 aromatic carbocycles. The summed E-state index contributed by atoms with van der Waals surface area (Å²) in [6, 6.07) is 14.1. The molecule has 1 aromatic heterocycles. The van der Waals surface area contributed by atoms with Gasteiger partial charge in [0.05, 0.1) is 24.3 Å². The number of ether oxygens (including phenoxy) is 1. The minimum atomic E-state index is -0.953. The number of nitrogens with zero attached hydrogens (tertiary/aromatic N) is 3. The molecule has 186 valence electrons. The van der Waals surface area contributed by atoms with Crippen LogP contribution < -0.4 is 20.5 Å². The Balaban J connectivity index is 1.55. The number of anilines is 2. The van der Waals surface area contributed by atoms with Crippen LogP contribution >= 0.6 is 12.2 Å². The predicted octanol–water partition coefficient (Wildman–Crippen LogP) is 1.50. The van der Waals surface area contributed by atoms with Gasteiger partial charge in [-0.2, -0.15) is 0 Å². The number of carbonyl (C=O) groups is 3. The SMILES string of the molecule is CCOC(=O)c1ccc(NC(=O)CC2C(=O)N(c3ccccc3)C(=S)N2Cc2c(=O)o[nH][n+]2C)cc1. The first-order valence-electron chi connectivity index (χ1n) is 11.1. The average molecular weight is 511 g/mol. The quantitative estimate of drug-likeness (QED) is 0.265. The van der Waals surface area contributed by atoms with E-state index in [-0.39, 0.29) is 36.3 Å². The number of aryl methyl sites for hydroxylation is 1. The fourth-order valence-electron chi connectivity index (χ4n) is 3.81. The fraction of sp³-hybridized carbons (Fsp3) is 0.250. The van der Waals surface area contributed by atoms with E-state index < -0.39 is 23.5 Å². The number of thiocarbonyl (C=S) groups is 1. The largest absolute Gasteiger partial charge is 0.462 e. The summed E-state index contributed by atoms with van der Waals surface area (Å²) >= 11 is 5.60. The Morgan fingerprint density at radius 3 is 2.44 bits per heavy atom. The first kappa shape index (κ1) is 24.8. The number of amides is 2. The molecule has 36 heavy (non-hydrogen) atoms. The molecular weight excluding hydrogens is 486 g/mol. The van der Waals surface area contributed by atoms with E-state index in [1.54, 1.807) is 50.4 Å². The number of para-hydroxylation sites is 1. The van der Waals surface area contributed by atoms with Gasteiger partial charge in [0.15, 0.2) is 12.2 Å². The van der Waals surface area contributed by atoms with Crippen LogP contribution in [0.2, 0.25) is 0 Å². The van der Waals surface area contributed by atoms with Crippen molar-refractivity contribution >= 4 is 46.5 Å². The summed E-state index contributed by atoms with van der Waals surface area (Å²) in [7, 11) is 1.60. The van der Waals surface area contributed by atoms with Crippen LogP contribution in [0.3, 0.4) is 0 Å². The Morgan fingerprint density at radius 1 is 1.14 bits per heavy atom. The summed E-state index contributed by atoms with van der Waals surface area (Å²) in [4.78, 5) is 53.3. The maximum atomic E-state index is 13.4. The lowest BCUT2D eigenvalue weighted by atomic mass is 10.1. The zero-order valence-corrected chi connectivity index (χ0v) is 20.4. The number of esters is 1. The van der Waals surface area contributed by atoms with Crippen LogP contribution in [-0.2, 0) is 27.9 Å². The van der Waals surface area contributed by atoms with Crippen molar-refractivity contribution in [2.24, 2.45) is 7.05 Å². The lowest BCUT2D eigenvalue weighted by molar-refractivity contribution is -0.746. The number of hydrogen-bond acceptors (Lipinski definition) is 7. The lowest BCUT2D eigenvalue weighted by Gasteiger charge is -2.21. The van der Waals surface area contributed by atoms with Gasteiger partial charge >= 0.3 is 17.3 Å². The maximum Gasteiger partial charge on any atom is 0.431 e. The van der Waals surface area contributed by atoms with Gasteiger partial charge in [-0.3, -0.25) is 19.0 Å². The lowest BCUT2D eigenvalue weighted by Crippen LogP contribution is -2.44. The van der Waals surface area contributed by atoms with E-state index in [0.29, 0.717) is 16.9 Å². The molecule has 11 nitrogen and oxygen atoms in total. The van der Waals surface area contributed by atoms with E-state index >= 15 is 0 Å². The van der Waals surface area contributed by atoms with Crippen LogP contribution in [0.4, 0.5) is 11.4 Å². The molecule has 1 atom stereocenters. The van der Waals surface area contributed by atoms with Crippen LogP contribution in [-0.4, -0.2) is 45.7 Å². The minimum absolute atomic E-state index is 0.0393. The highest BCUT2D eigenvalue weighted by Gasteiger charge is 2.45. The third-order valence-electron chi connectivity index (χ3n) is 5.63. The highest BCUT2D eigenvalue weighted by molar-refractivity contribution is 7.80. The highest BCUT2D eigenvalue weighted by atomic mass is 32.1. The number of hydrogen-bond donors (Lipinski definition) is 2. The molecule has 0 aliphatic carbocycles. The smallest absolute Gasteiger partial charge is 0.431 e. The number of aromatic amines is 1. The van der Waals surface area contributed by atoms with E-state index in [9.17, 15) is 19.2 Å². The van der Waals surface area contributed by atoms with Gasteiger partial charge < -0.3 is 15.0 Å². The molecule has 4 rings (SSSR count). The van der Waals surface area contributed by atoms with Gasteiger partial charge in [0.2, 0.25) is 5.91 Å². The van der Waals surface area contributed by atoms with Gasteiger partial charge in [-0.05, 0) is 60.8 Å². The van der Waals surface area contributed by atoms with Crippen LogP contribution in [0.15, 0.2) is 63.9 Å². The summed E-state index contributed by atoms with van der Waals surface area (Å²) in [5.74, 6) is -1.29. The Bertz CT molecular complexity index is 1350. The Hall–Kier alpha value is -4.32. The van der Waals surface area contributed by atoms with E-state index in [1.807, 2.05) is 6.07 Å². The molecule has 1 aliphatic heterocycles. The molecule has 0 radical (unpaired) electrons. The number of rotatable bonds is 8. The number of aromatic nitrogens is 2. The third-order valence-corrected chi connectivity index (χ3v) is 6.04. The van der Waals surface area contributed by atoms with Crippen molar-refractivity contribution in [2.75, 3.05) is 16.8 Å². The first-order chi connectivity index (χ1) is 17.3. The minimum Gasteiger partial charge on any atom is -0.462 e. The molecule has 0 bridgehead atoms. The van der Waals surface area contributed by atoms with Crippen LogP contribution in [0.1, 0.15) is 29.4 Å². The van der Waals surface area contributed by atoms with Gasteiger partial charge in [0, 0.05) is 5.69 Å². The van der Waals surface area contributed by atoms with E-state index in [0.717, 1.165) is 0 Å². The van der Waals surface area contributed by atoms with Gasteiger partial charge in [0.1, 0.15) is 12.6 Å². The summed E-state index contributed by atoms with van der Waals surface area (Å²) < 4.78 is 11.2. The van der Waals surface area contributed by atoms with E-state index in [1.165, 1.54) is 26.6 Å². The average Bonchev–Trinajstić information content (AvgIpc) is 3.30. The number of carbonyl (C=O) groups excluding carboxylic acids is 3. The second kappa shape index (κ2) is 10.5. The number of benzene rings is 2. The summed E-state index contributed by atoms with van der Waals surface area (Å²) in [5, 5.41) is 5.34. The maximum absolute atomic E-state index is 13.4. The molecule has 1 aliphatic rings. The fourth-order valence-corrected chi connectivity index (χ4v) is 4.20. The molecule has 2 heterocycles. The number of H-pyrrole nitrogens is 1.